The van der Waals surface area contributed by atoms with E-state index in [0.29, 0.717) is 17.9 Å². The highest BCUT2D eigenvalue weighted by molar-refractivity contribution is 5.94. The fourth-order valence-corrected chi connectivity index (χ4v) is 1.48. The van der Waals surface area contributed by atoms with Crippen LogP contribution in [0.3, 0.4) is 0 Å². The molecule has 15 heavy (non-hydrogen) atoms. The highest BCUT2D eigenvalue weighted by Gasteiger charge is 2.16. The normalized spacial score (nSPS) is 9.80. The van der Waals surface area contributed by atoms with E-state index in [1.807, 2.05) is 19.1 Å². The highest BCUT2D eigenvalue weighted by Crippen LogP contribution is 2.23. The lowest BCUT2D eigenvalue weighted by Gasteiger charge is -2.11. The lowest BCUT2D eigenvalue weighted by Crippen LogP contribution is -2.09. The molecule has 0 saturated carbocycles. The molecule has 0 heterocycles. The van der Waals surface area contributed by atoms with Crippen LogP contribution in [-0.2, 0) is 11.2 Å². The van der Waals surface area contributed by atoms with Crippen LogP contribution in [0.2, 0.25) is 0 Å². The molecular weight excluding hydrogens is 192 g/mol. The van der Waals surface area contributed by atoms with Gasteiger partial charge in [0.25, 0.3) is 0 Å². The SMILES string of the molecule is CCOC(=O)c1c(CC)cccc1OC. The van der Waals surface area contributed by atoms with E-state index >= 15 is 0 Å². The molecule has 0 saturated heterocycles. The van der Waals surface area contributed by atoms with Gasteiger partial charge in [0.2, 0.25) is 0 Å². The van der Waals surface area contributed by atoms with Crippen molar-refractivity contribution in [3.8, 4) is 5.75 Å². The second kappa shape index (κ2) is 5.39. The average Bonchev–Trinajstić information content (AvgIpc) is 2.28. The van der Waals surface area contributed by atoms with Crippen molar-refractivity contribution in [2.45, 2.75) is 20.3 Å². The van der Waals surface area contributed by atoms with Crippen LogP contribution in [0, 0.1) is 0 Å². The summed E-state index contributed by atoms with van der Waals surface area (Å²) in [6, 6.07) is 5.56. The summed E-state index contributed by atoms with van der Waals surface area (Å²) < 4.78 is 10.1. The van der Waals surface area contributed by atoms with Gasteiger partial charge >= 0.3 is 5.97 Å². The summed E-state index contributed by atoms with van der Waals surface area (Å²) in [6.07, 6.45) is 0.783. The van der Waals surface area contributed by atoms with Crippen molar-refractivity contribution in [3.63, 3.8) is 0 Å². The maximum Gasteiger partial charge on any atom is 0.342 e. The van der Waals surface area contributed by atoms with Gasteiger partial charge in [0, 0.05) is 0 Å². The number of rotatable bonds is 4. The average molecular weight is 208 g/mol. The fraction of sp³-hybridized carbons (Fsp3) is 0.417. The Balaban J connectivity index is 3.15. The van der Waals surface area contributed by atoms with Crippen molar-refractivity contribution >= 4 is 5.97 Å². The molecule has 1 aromatic carbocycles. The van der Waals surface area contributed by atoms with Gasteiger partial charge in [0.1, 0.15) is 11.3 Å². The summed E-state index contributed by atoms with van der Waals surface area (Å²) in [6.45, 7) is 4.16. The van der Waals surface area contributed by atoms with Crippen LogP contribution in [0.15, 0.2) is 18.2 Å². The number of carbonyl (C=O) groups excluding carboxylic acids is 1. The van der Waals surface area contributed by atoms with Crippen molar-refractivity contribution in [2.24, 2.45) is 0 Å². The zero-order valence-corrected chi connectivity index (χ0v) is 9.37. The number of hydrogen-bond donors (Lipinski definition) is 0. The molecule has 0 spiro atoms. The van der Waals surface area contributed by atoms with Gasteiger partial charge in [-0.15, -0.1) is 0 Å². The third-order valence-corrected chi connectivity index (χ3v) is 2.19. The molecule has 3 heteroatoms. The Labute approximate surface area is 90.0 Å². The number of ether oxygens (including phenoxy) is 2. The van der Waals surface area contributed by atoms with E-state index in [1.165, 1.54) is 0 Å². The predicted octanol–water partition coefficient (Wildman–Crippen LogP) is 2.43. The summed E-state index contributed by atoms with van der Waals surface area (Å²) in [4.78, 5) is 11.7. The van der Waals surface area contributed by atoms with Gasteiger partial charge in [-0.3, -0.25) is 0 Å². The smallest absolute Gasteiger partial charge is 0.342 e. The second-order valence-corrected chi connectivity index (χ2v) is 3.07. The summed E-state index contributed by atoms with van der Waals surface area (Å²) in [5.41, 5.74) is 1.50. The molecular formula is C12H16O3. The van der Waals surface area contributed by atoms with Crippen molar-refractivity contribution in [1.29, 1.82) is 0 Å². The lowest BCUT2D eigenvalue weighted by molar-refractivity contribution is 0.0521. The van der Waals surface area contributed by atoms with Crippen LogP contribution in [0.25, 0.3) is 0 Å². The number of esters is 1. The van der Waals surface area contributed by atoms with Crippen molar-refractivity contribution in [3.05, 3.63) is 29.3 Å². The minimum Gasteiger partial charge on any atom is -0.496 e. The minimum atomic E-state index is -0.313. The monoisotopic (exact) mass is 208 g/mol. The third kappa shape index (κ3) is 2.49. The second-order valence-electron chi connectivity index (χ2n) is 3.07. The Morgan fingerprint density at radius 2 is 2.07 bits per heavy atom. The first-order valence-electron chi connectivity index (χ1n) is 5.07. The molecule has 0 aliphatic heterocycles. The van der Waals surface area contributed by atoms with Crippen LogP contribution in [0.5, 0.6) is 5.75 Å². The Morgan fingerprint density at radius 3 is 2.60 bits per heavy atom. The molecule has 0 bridgehead atoms. The maximum absolute atomic E-state index is 11.7. The van der Waals surface area contributed by atoms with Gasteiger partial charge in [-0.05, 0) is 25.0 Å². The Kier molecular flexibility index (Phi) is 4.16. The number of benzene rings is 1. The summed E-state index contributed by atoms with van der Waals surface area (Å²) in [5, 5.41) is 0. The van der Waals surface area contributed by atoms with E-state index in [-0.39, 0.29) is 5.97 Å². The molecule has 1 aromatic rings. The molecule has 0 N–H and O–H groups in total. The number of hydrogen-bond acceptors (Lipinski definition) is 3. The number of carbonyl (C=O) groups is 1. The molecule has 0 amide bonds. The molecule has 1 rings (SSSR count). The minimum absolute atomic E-state index is 0.313. The molecule has 0 aliphatic rings. The predicted molar refractivity (Wildman–Crippen MR) is 58.3 cm³/mol. The van der Waals surface area contributed by atoms with E-state index in [1.54, 1.807) is 20.1 Å². The van der Waals surface area contributed by atoms with E-state index in [9.17, 15) is 4.79 Å². The van der Waals surface area contributed by atoms with Crippen molar-refractivity contribution in [2.75, 3.05) is 13.7 Å². The third-order valence-electron chi connectivity index (χ3n) is 2.19. The molecule has 0 aliphatic carbocycles. The highest BCUT2D eigenvalue weighted by atomic mass is 16.5. The Hall–Kier alpha value is -1.51. The van der Waals surface area contributed by atoms with Crippen LogP contribution in [0.1, 0.15) is 29.8 Å². The van der Waals surface area contributed by atoms with Gasteiger partial charge < -0.3 is 9.47 Å². The van der Waals surface area contributed by atoms with E-state index < -0.39 is 0 Å². The topological polar surface area (TPSA) is 35.5 Å². The molecule has 82 valence electrons. The fourth-order valence-electron chi connectivity index (χ4n) is 1.48. The van der Waals surface area contributed by atoms with Gasteiger partial charge in [0.15, 0.2) is 0 Å². The van der Waals surface area contributed by atoms with Crippen molar-refractivity contribution < 1.29 is 14.3 Å². The molecule has 0 fully saturated rings. The van der Waals surface area contributed by atoms with Crippen LogP contribution < -0.4 is 4.74 Å². The standard InChI is InChI=1S/C12H16O3/c1-4-9-7-6-8-10(14-3)11(9)12(13)15-5-2/h6-8H,4-5H2,1-3H3. The summed E-state index contributed by atoms with van der Waals surface area (Å²) >= 11 is 0. The first-order chi connectivity index (χ1) is 7.24. The molecule has 0 aromatic heterocycles. The van der Waals surface area contributed by atoms with Gasteiger partial charge in [-0.2, -0.15) is 0 Å². The van der Waals surface area contributed by atoms with Crippen LogP contribution in [0.4, 0.5) is 0 Å². The lowest BCUT2D eigenvalue weighted by atomic mass is 10.0. The molecule has 3 nitrogen and oxygen atoms in total. The van der Waals surface area contributed by atoms with E-state index in [0.717, 1.165) is 12.0 Å². The number of methoxy groups -OCH3 is 1. The van der Waals surface area contributed by atoms with E-state index in [4.69, 9.17) is 9.47 Å². The Morgan fingerprint density at radius 1 is 1.33 bits per heavy atom. The molecule has 0 radical (unpaired) electrons. The summed E-state index contributed by atoms with van der Waals surface area (Å²) in [5.74, 6) is 0.264. The van der Waals surface area contributed by atoms with E-state index in [2.05, 4.69) is 0 Å². The first kappa shape index (κ1) is 11.6. The molecule has 0 unspecified atom stereocenters. The zero-order chi connectivity index (χ0) is 11.3. The van der Waals surface area contributed by atoms with Crippen molar-refractivity contribution in [1.82, 2.24) is 0 Å². The summed E-state index contributed by atoms with van der Waals surface area (Å²) in [7, 11) is 1.55. The first-order valence-corrected chi connectivity index (χ1v) is 5.07. The zero-order valence-electron chi connectivity index (χ0n) is 9.37. The molecule has 0 atom stereocenters. The van der Waals surface area contributed by atoms with Gasteiger partial charge in [0.05, 0.1) is 13.7 Å². The van der Waals surface area contributed by atoms with Gasteiger partial charge in [-0.25, -0.2) is 4.79 Å². The number of aryl methyl sites for hydroxylation is 1. The van der Waals surface area contributed by atoms with Gasteiger partial charge in [-0.1, -0.05) is 19.1 Å². The van der Waals surface area contributed by atoms with Crippen LogP contribution in [-0.4, -0.2) is 19.7 Å². The Bertz CT molecular complexity index is 322. The quantitative estimate of drug-likeness (QED) is 0.713. The largest absolute Gasteiger partial charge is 0.496 e. The van der Waals surface area contributed by atoms with Crippen LogP contribution >= 0.6 is 0 Å². The maximum atomic E-state index is 11.7.